The van der Waals surface area contributed by atoms with Crippen LogP contribution in [0.1, 0.15) is 12.0 Å². The van der Waals surface area contributed by atoms with Gasteiger partial charge in [0.1, 0.15) is 5.75 Å². The zero-order chi connectivity index (χ0) is 21.3. The molecule has 1 heterocycles. The number of hydrogen-bond acceptors (Lipinski definition) is 5. The summed E-state index contributed by atoms with van der Waals surface area (Å²) in [6.45, 7) is 2.86. The van der Waals surface area contributed by atoms with Crippen molar-refractivity contribution in [2.45, 2.75) is 24.9 Å². The molecular weight excluding hydrogens is 421 g/mol. The molecule has 0 amide bonds. The van der Waals surface area contributed by atoms with E-state index in [0.29, 0.717) is 5.03 Å². The van der Waals surface area contributed by atoms with Gasteiger partial charge in [0.2, 0.25) is 0 Å². The van der Waals surface area contributed by atoms with Gasteiger partial charge in [0.25, 0.3) is 5.09 Å². The van der Waals surface area contributed by atoms with Gasteiger partial charge < -0.3 is 19.2 Å². The molecule has 1 aromatic heterocycles. The molecule has 1 aliphatic rings. The Morgan fingerprint density at radius 2 is 2.14 bits per heavy atom. The Hall–Kier alpha value is -2.55. The van der Waals surface area contributed by atoms with Gasteiger partial charge in [-0.15, -0.1) is 10.1 Å². The van der Waals surface area contributed by atoms with Crippen molar-refractivity contribution in [3.05, 3.63) is 81.9 Å². The number of rotatable bonds is 7. The Balaban J connectivity index is 0.000000687. The number of imidazole rings is 1. The molecule has 0 bridgehead atoms. The molecule has 1 N–H and O–H groups in total. The topological polar surface area (TPSA) is 99.7 Å². The second kappa shape index (κ2) is 10.8. The lowest BCUT2D eigenvalue weighted by molar-refractivity contribution is -0.742. The molecule has 0 aliphatic heterocycles. The number of nitrogens with zero attached hydrogens (tertiary/aromatic N) is 3. The second-order valence-corrected chi connectivity index (χ2v) is 7.22. The smallest absolute Gasteiger partial charge is 0.291 e. The predicted molar refractivity (Wildman–Crippen MR) is 109 cm³/mol. The van der Waals surface area contributed by atoms with Gasteiger partial charge in [0.05, 0.1) is 6.33 Å². The number of hydrogen-bond donors (Lipinski definition) is 1. The van der Waals surface area contributed by atoms with Crippen molar-refractivity contribution in [2.75, 3.05) is 6.79 Å². The van der Waals surface area contributed by atoms with E-state index in [1.807, 2.05) is 54.1 Å². The second-order valence-electron chi connectivity index (χ2n) is 6.19. The van der Waals surface area contributed by atoms with Crippen molar-refractivity contribution in [1.29, 1.82) is 0 Å². The molecule has 2 unspecified atom stereocenters. The number of alkyl halides is 1. The van der Waals surface area contributed by atoms with Gasteiger partial charge in [-0.2, -0.15) is 0 Å². The van der Waals surface area contributed by atoms with Crippen LogP contribution in [0.15, 0.2) is 66.2 Å². The molecule has 2 atom stereocenters. The van der Waals surface area contributed by atoms with E-state index in [4.69, 9.17) is 48.0 Å². The lowest BCUT2D eigenvalue weighted by Crippen LogP contribution is -2.26. The van der Waals surface area contributed by atoms with Crippen molar-refractivity contribution in [3.63, 3.8) is 0 Å². The van der Waals surface area contributed by atoms with Crippen molar-refractivity contribution in [2.24, 2.45) is 5.92 Å². The fourth-order valence-corrected chi connectivity index (χ4v) is 3.25. The average molecular weight is 442 g/mol. The van der Waals surface area contributed by atoms with Crippen LogP contribution >= 0.6 is 23.2 Å². The van der Waals surface area contributed by atoms with Crippen LogP contribution in [0.5, 0.6) is 5.75 Å². The predicted octanol–water partition coefficient (Wildman–Crippen LogP) is 4.53. The highest BCUT2D eigenvalue weighted by Crippen LogP contribution is 2.35. The van der Waals surface area contributed by atoms with Crippen LogP contribution in [-0.2, 0) is 11.3 Å². The SMILES string of the molecule is Cc1ccccc1OCOC1(Cl)C=CC(CCn2ccnc2)C(Cl)=C1.O=[N+]([O-])O. The Morgan fingerprint density at radius 1 is 1.41 bits per heavy atom. The van der Waals surface area contributed by atoms with Crippen molar-refractivity contribution >= 4 is 23.2 Å². The minimum absolute atomic E-state index is 0.0407. The van der Waals surface area contributed by atoms with E-state index in [-0.39, 0.29) is 12.7 Å². The minimum Gasteiger partial charge on any atom is -0.467 e. The lowest BCUT2D eigenvalue weighted by Gasteiger charge is -2.27. The number of benzene rings is 1. The number of para-hydroxylation sites is 1. The van der Waals surface area contributed by atoms with Gasteiger partial charge in [0.15, 0.2) is 11.9 Å². The van der Waals surface area contributed by atoms with E-state index in [1.54, 1.807) is 18.6 Å². The average Bonchev–Trinajstić information content (AvgIpc) is 3.16. The summed E-state index contributed by atoms with van der Waals surface area (Å²) in [6, 6.07) is 7.75. The molecule has 156 valence electrons. The standard InChI is InChI=1S/C19H20Cl2N2O2.HNO3/c1-15-4-2-3-5-18(15)24-14-25-19(21)8-6-16(17(20)12-19)7-10-23-11-9-22-13-23;2-1(3)4/h2-6,8-9,11-13,16H,7,10,14H2,1H3;(H,2,3,4). The summed E-state index contributed by atoms with van der Waals surface area (Å²) in [5, 5.41) is 13.2. The van der Waals surface area contributed by atoms with Crippen LogP contribution < -0.4 is 4.74 Å². The molecule has 0 radical (unpaired) electrons. The first kappa shape index (κ1) is 22.7. The van der Waals surface area contributed by atoms with E-state index in [1.165, 1.54) is 0 Å². The third kappa shape index (κ3) is 7.77. The van der Waals surface area contributed by atoms with Crippen LogP contribution in [-0.4, -0.2) is 31.7 Å². The van der Waals surface area contributed by atoms with Gasteiger partial charge in [-0.05, 0) is 37.1 Å². The molecule has 0 spiro atoms. The molecule has 1 aromatic carbocycles. The monoisotopic (exact) mass is 441 g/mol. The minimum atomic E-state index is -1.50. The van der Waals surface area contributed by atoms with E-state index in [9.17, 15) is 0 Å². The van der Waals surface area contributed by atoms with E-state index < -0.39 is 10.1 Å². The first-order valence-corrected chi connectivity index (χ1v) is 9.42. The molecule has 0 fully saturated rings. The molecule has 8 nitrogen and oxygen atoms in total. The van der Waals surface area contributed by atoms with E-state index in [2.05, 4.69) is 4.98 Å². The fraction of sp³-hybridized carbons (Fsp3) is 0.316. The first-order valence-electron chi connectivity index (χ1n) is 8.67. The largest absolute Gasteiger partial charge is 0.467 e. The highest BCUT2D eigenvalue weighted by atomic mass is 35.5. The number of halogens is 2. The molecular formula is C19H21Cl2N3O5. The normalized spacial score (nSPS) is 20.4. The molecule has 2 aromatic rings. The Kier molecular flexibility index (Phi) is 8.50. The Morgan fingerprint density at radius 3 is 2.76 bits per heavy atom. The van der Waals surface area contributed by atoms with Gasteiger partial charge in [0, 0.05) is 29.9 Å². The molecule has 0 saturated carbocycles. The van der Waals surface area contributed by atoms with Crippen LogP contribution in [0.2, 0.25) is 0 Å². The Bertz CT molecular complexity index is 853. The van der Waals surface area contributed by atoms with E-state index in [0.717, 1.165) is 24.3 Å². The number of allylic oxidation sites excluding steroid dienone is 2. The van der Waals surface area contributed by atoms with Crippen LogP contribution in [0.4, 0.5) is 0 Å². The maximum Gasteiger partial charge on any atom is 0.291 e. The molecule has 1 aliphatic carbocycles. The first-order chi connectivity index (χ1) is 13.8. The number of aryl methyl sites for hydroxylation is 2. The molecule has 3 rings (SSSR count). The van der Waals surface area contributed by atoms with Crippen molar-refractivity contribution in [1.82, 2.24) is 9.55 Å². The summed E-state index contributed by atoms with van der Waals surface area (Å²) in [7, 11) is 0. The zero-order valence-corrected chi connectivity index (χ0v) is 17.2. The maximum atomic E-state index is 8.36. The summed E-state index contributed by atoms with van der Waals surface area (Å²) in [6.07, 6.45) is 11.9. The fourth-order valence-electron chi connectivity index (χ4n) is 2.62. The molecule has 0 saturated heterocycles. The highest BCUT2D eigenvalue weighted by Gasteiger charge is 2.29. The quantitative estimate of drug-likeness (QED) is 0.222. The summed E-state index contributed by atoms with van der Waals surface area (Å²) < 4.78 is 13.3. The Labute approximate surface area is 178 Å². The molecule has 29 heavy (non-hydrogen) atoms. The van der Waals surface area contributed by atoms with Gasteiger partial charge >= 0.3 is 0 Å². The summed E-state index contributed by atoms with van der Waals surface area (Å²) >= 11 is 12.9. The third-order valence-electron chi connectivity index (χ3n) is 4.09. The van der Waals surface area contributed by atoms with Gasteiger partial charge in [-0.1, -0.05) is 47.5 Å². The van der Waals surface area contributed by atoms with Crippen LogP contribution in [0.25, 0.3) is 0 Å². The summed E-state index contributed by atoms with van der Waals surface area (Å²) in [5.41, 5.74) is 1.04. The highest BCUT2D eigenvalue weighted by molar-refractivity contribution is 6.32. The number of aromatic nitrogens is 2. The zero-order valence-electron chi connectivity index (χ0n) is 15.6. The third-order valence-corrected chi connectivity index (χ3v) is 4.82. The lowest BCUT2D eigenvalue weighted by atomic mass is 9.98. The summed E-state index contributed by atoms with van der Waals surface area (Å²) in [4.78, 5) is 12.4. The van der Waals surface area contributed by atoms with Crippen molar-refractivity contribution < 1.29 is 19.8 Å². The van der Waals surface area contributed by atoms with Crippen LogP contribution in [0.3, 0.4) is 0 Å². The summed E-state index contributed by atoms with van der Waals surface area (Å²) in [5.74, 6) is 0.896. The molecule has 10 heteroatoms. The van der Waals surface area contributed by atoms with Gasteiger partial charge in [-0.25, -0.2) is 4.98 Å². The number of ether oxygens (including phenoxy) is 2. The van der Waals surface area contributed by atoms with Crippen LogP contribution in [0, 0.1) is 23.0 Å². The maximum absolute atomic E-state index is 8.36. The van der Waals surface area contributed by atoms with Gasteiger partial charge in [-0.3, -0.25) is 0 Å². The van der Waals surface area contributed by atoms with E-state index >= 15 is 0 Å². The van der Waals surface area contributed by atoms with Crippen molar-refractivity contribution in [3.8, 4) is 5.75 Å².